The number of methoxy groups -OCH3 is 1. The molecule has 1 aromatic carbocycles. The summed E-state index contributed by atoms with van der Waals surface area (Å²) in [4.78, 5) is 37.4. The highest BCUT2D eigenvalue weighted by atomic mass is 35.5. The summed E-state index contributed by atoms with van der Waals surface area (Å²) in [6.45, 7) is 0. The fraction of sp³-hybridized carbons (Fsp3) is 0.154. The van der Waals surface area contributed by atoms with Gasteiger partial charge in [-0.1, -0.05) is 17.7 Å². The molecular formula is C13H10ClN3O4. The number of carbonyl (C=O) groups is 3. The van der Waals surface area contributed by atoms with E-state index in [1.807, 2.05) is 0 Å². The Labute approximate surface area is 124 Å². The molecule has 1 unspecified atom stereocenters. The fourth-order valence-electron chi connectivity index (χ4n) is 2.32. The Balaban J connectivity index is 2.06. The summed E-state index contributed by atoms with van der Waals surface area (Å²) in [5, 5.41) is 0.401. The number of anilines is 1. The number of ether oxygens (including phenoxy) is 1. The number of carbonyl (C=O) groups excluding carboxylic acids is 3. The highest BCUT2D eigenvalue weighted by molar-refractivity contribution is 6.34. The van der Waals surface area contributed by atoms with Crippen molar-refractivity contribution >= 4 is 35.1 Å². The second-order valence-corrected chi connectivity index (χ2v) is 4.88. The molecule has 21 heavy (non-hydrogen) atoms. The van der Waals surface area contributed by atoms with Crippen LogP contribution in [0.15, 0.2) is 35.5 Å². The molecular weight excluding hydrogens is 298 g/mol. The topological polar surface area (TPSA) is 87.7 Å². The van der Waals surface area contributed by atoms with Crippen LogP contribution in [0.4, 0.5) is 5.69 Å². The smallest absolute Gasteiger partial charge is 0.356 e. The maximum Gasteiger partial charge on any atom is 0.356 e. The van der Waals surface area contributed by atoms with Gasteiger partial charge in [0.05, 0.1) is 18.4 Å². The van der Waals surface area contributed by atoms with Crippen molar-refractivity contribution in [1.29, 1.82) is 0 Å². The maximum absolute atomic E-state index is 12.5. The van der Waals surface area contributed by atoms with Gasteiger partial charge in [0.1, 0.15) is 11.7 Å². The number of fused-ring (bicyclic) bond motifs is 1. The van der Waals surface area contributed by atoms with Gasteiger partial charge in [-0.3, -0.25) is 9.59 Å². The Bertz CT molecular complexity index is 700. The third-order valence-corrected chi connectivity index (χ3v) is 3.49. The molecule has 0 spiro atoms. The third kappa shape index (κ3) is 1.98. The molecule has 2 heterocycles. The van der Waals surface area contributed by atoms with E-state index in [-0.39, 0.29) is 11.3 Å². The molecule has 3 rings (SSSR count). The normalized spacial score (nSPS) is 20.7. The van der Waals surface area contributed by atoms with Crippen LogP contribution in [0, 0.1) is 0 Å². The van der Waals surface area contributed by atoms with E-state index in [4.69, 9.17) is 11.6 Å². The number of rotatable bonds is 2. The SMILES string of the molecule is COC(=O)C1=C2C(=O)N(c3cccc(Cl)c3)C(=O)C2NN1. The van der Waals surface area contributed by atoms with Crippen LogP contribution in [0.5, 0.6) is 0 Å². The molecule has 2 N–H and O–H groups in total. The van der Waals surface area contributed by atoms with Gasteiger partial charge in [-0.15, -0.1) is 0 Å². The zero-order valence-electron chi connectivity index (χ0n) is 10.8. The van der Waals surface area contributed by atoms with Crippen molar-refractivity contribution in [2.24, 2.45) is 0 Å². The second-order valence-electron chi connectivity index (χ2n) is 4.44. The molecule has 0 saturated carbocycles. The Hall–Kier alpha value is -2.38. The summed E-state index contributed by atoms with van der Waals surface area (Å²) in [7, 11) is 1.20. The lowest BCUT2D eigenvalue weighted by atomic mass is 10.1. The van der Waals surface area contributed by atoms with Gasteiger partial charge in [-0.2, -0.15) is 0 Å². The molecule has 1 atom stereocenters. The van der Waals surface area contributed by atoms with Crippen LogP contribution in [0.25, 0.3) is 0 Å². The van der Waals surface area contributed by atoms with E-state index in [9.17, 15) is 14.4 Å². The largest absolute Gasteiger partial charge is 0.464 e. The fourth-order valence-corrected chi connectivity index (χ4v) is 2.50. The zero-order chi connectivity index (χ0) is 15.1. The lowest BCUT2D eigenvalue weighted by molar-refractivity contribution is -0.137. The van der Waals surface area contributed by atoms with Gasteiger partial charge in [0.15, 0.2) is 0 Å². The van der Waals surface area contributed by atoms with E-state index in [2.05, 4.69) is 15.6 Å². The summed E-state index contributed by atoms with van der Waals surface area (Å²) < 4.78 is 4.58. The van der Waals surface area contributed by atoms with E-state index in [0.29, 0.717) is 10.7 Å². The van der Waals surface area contributed by atoms with Crippen LogP contribution >= 0.6 is 11.6 Å². The minimum atomic E-state index is -0.911. The second kappa shape index (κ2) is 4.87. The number of hydrazine groups is 1. The van der Waals surface area contributed by atoms with Crippen molar-refractivity contribution in [3.05, 3.63) is 40.6 Å². The number of halogens is 1. The summed E-state index contributed by atoms with van der Waals surface area (Å²) in [6.07, 6.45) is 0. The number of nitrogens with one attached hydrogen (secondary N) is 2. The molecule has 0 radical (unpaired) electrons. The lowest BCUT2D eigenvalue weighted by Gasteiger charge is -2.15. The predicted octanol–water partition coefficient (Wildman–Crippen LogP) is 0.117. The van der Waals surface area contributed by atoms with Gasteiger partial charge < -0.3 is 10.2 Å². The first-order valence-electron chi connectivity index (χ1n) is 6.02. The van der Waals surface area contributed by atoms with Gasteiger partial charge in [-0.05, 0) is 18.2 Å². The Morgan fingerprint density at radius 1 is 1.38 bits per heavy atom. The first-order chi connectivity index (χ1) is 10.0. The van der Waals surface area contributed by atoms with Crippen LogP contribution in [-0.4, -0.2) is 30.9 Å². The van der Waals surface area contributed by atoms with Crippen LogP contribution in [0.3, 0.4) is 0 Å². The van der Waals surface area contributed by atoms with Crippen molar-refractivity contribution in [3.8, 4) is 0 Å². The molecule has 1 aromatic rings. The molecule has 1 fully saturated rings. The number of imide groups is 1. The average Bonchev–Trinajstić information content (AvgIpc) is 3.00. The standard InChI is InChI=1S/C13H10ClN3O4/c1-21-13(20)10-8-9(15-16-10)12(19)17(11(8)18)7-4-2-3-6(14)5-7/h2-5,9,15-16H,1H3. The van der Waals surface area contributed by atoms with Crippen molar-refractivity contribution in [1.82, 2.24) is 10.9 Å². The van der Waals surface area contributed by atoms with Crippen LogP contribution in [0.2, 0.25) is 5.02 Å². The van der Waals surface area contributed by atoms with E-state index in [1.54, 1.807) is 18.2 Å². The summed E-state index contributed by atoms with van der Waals surface area (Å²) in [5.41, 5.74) is 5.47. The first kappa shape index (κ1) is 13.6. The molecule has 0 aromatic heterocycles. The Morgan fingerprint density at radius 3 is 2.81 bits per heavy atom. The molecule has 2 amide bonds. The molecule has 2 aliphatic heterocycles. The lowest BCUT2D eigenvalue weighted by Crippen LogP contribution is -2.42. The summed E-state index contributed by atoms with van der Waals surface area (Å²) in [5.74, 6) is -1.78. The minimum absolute atomic E-state index is 0.0480. The Kier molecular flexibility index (Phi) is 3.15. The van der Waals surface area contributed by atoms with Gasteiger partial charge in [0.25, 0.3) is 11.8 Å². The van der Waals surface area contributed by atoms with Crippen LogP contribution < -0.4 is 15.8 Å². The van der Waals surface area contributed by atoms with Crippen molar-refractivity contribution in [3.63, 3.8) is 0 Å². The molecule has 7 nitrogen and oxygen atoms in total. The molecule has 1 saturated heterocycles. The molecule has 108 valence electrons. The van der Waals surface area contributed by atoms with Crippen LogP contribution in [0.1, 0.15) is 0 Å². The van der Waals surface area contributed by atoms with E-state index < -0.39 is 23.8 Å². The summed E-state index contributed by atoms with van der Waals surface area (Å²) >= 11 is 5.88. The quantitative estimate of drug-likeness (QED) is 0.596. The highest BCUT2D eigenvalue weighted by Crippen LogP contribution is 2.31. The number of hydrogen-bond acceptors (Lipinski definition) is 6. The van der Waals surface area contributed by atoms with Gasteiger partial charge >= 0.3 is 5.97 Å². The molecule has 0 aliphatic carbocycles. The predicted molar refractivity (Wildman–Crippen MR) is 73.0 cm³/mol. The van der Waals surface area contributed by atoms with E-state index in [0.717, 1.165) is 4.90 Å². The van der Waals surface area contributed by atoms with E-state index in [1.165, 1.54) is 13.2 Å². The molecule has 2 aliphatic rings. The highest BCUT2D eigenvalue weighted by Gasteiger charge is 2.50. The van der Waals surface area contributed by atoms with E-state index >= 15 is 0 Å². The number of amides is 2. The third-order valence-electron chi connectivity index (χ3n) is 3.26. The zero-order valence-corrected chi connectivity index (χ0v) is 11.6. The van der Waals surface area contributed by atoms with Crippen molar-refractivity contribution in [2.45, 2.75) is 6.04 Å². The number of nitrogens with zero attached hydrogens (tertiary/aromatic N) is 1. The Morgan fingerprint density at radius 2 is 2.14 bits per heavy atom. The van der Waals surface area contributed by atoms with Gasteiger partial charge in [0.2, 0.25) is 0 Å². The number of benzene rings is 1. The monoisotopic (exact) mass is 307 g/mol. The van der Waals surface area contributed by atoms with Crippen molar-refractivity contribution in [2.75, 3.05) is 12.0 Å². The van der Waals surface area contributed by atoms with Crippen LogP contribution in [-0.2, 0) is 19.1 Å². The number of hydrogen-bond donors (Lipinski definition) is 2. The molecule has 0 bridgehead atoms. The maximum atomic E-state index is 12.5. The summed E-state index contributed by atoms with van der Waals surface area (Å²) in [6, 6.07) is 5.45. The molecule has 8 heteroatoms. The number of esters is 1. The van der Waals surface area contributed by atoms with Gasteiger partial charge in [-0.25, -0.2) is 15.1 Å². The minimum Gasteiger partial charge on any atom is -0.464 e. The van der Waals surface area contributed by atoms with Gasteiger partial charge in [0, 0.05) is 5.02 Å². The van der Waals surface area contributed by atoms with Crippen molar-refractivity contribution < 1.29 is 19.1 Å². The first-order valence-corrected chi connectivity index (χ1v) is 6.40. The average molecular weight is 308 g/mol.